The highest BCUT2D eigenvalue weighted by atomic mass is 16.5. The molecule has 0 N–H and O–H groups in total. The Kier molecular flexibility index (Phi) is 33.1. The smallest absolute Gasteiger partial charge is 0.185 e. The van der Waals surface area contributed by atoms with Crippen molar-refractivity contribution in [3.63, 3.8) is 0 Å². The number of hydrogen-bond acceptors (Lipinski definition) is 4. The van der Waals surface area contributed by atoms with Gasteiger partial charge in [0.15, 0.2) is 5.78 Å². The van der Waals surface area contributed by atoms with Gasteiger partial charge in [0.25, 0.3) is 0 Å². The molecule has 4 nitrogen and oxygen atoms in total. The Hall–Kier alpha value is -9.53. The summed E-state index contributed by atoms with van der Waals surface area (Å²) in [6, 6.07) is 63.6. The Bertz CT molecular complexity index is 4480. The van der Waals surface area contributed by atoms with Crippen LogP contribution in [-0.4, -0.2) is 18.0 Å². The fourth-order valence-electron chi connectivity index (χ4n) is 13.0. The predicted octanol–water partition coefficient (Wildman–Crippen LogP) is 28.7. The third-order valence-electron chi connectivity index (χ3n) is 22.9. The molecule has 564 valence electrons. The summed E-state index contributed by atoms with van der Waals surface area (Å²) >= 11 is 0. The third kappa shape index (κ3) is 27.6. The van der Waals surface area contributed by atoms with Crippen molar-refractivity contribution in [2.24, 2.45) is 33.9 Å². The van der Waals surface area contributed by atoms with E-state index in [-0.39, 0.29) is 5.78 Å². The van der Waals surface area contributed by atoms with Crippen molar-refractivity contribution in [2.75, 3.05) is 0 Å². The molecule has 108 heavy (non-hydrogen) atoms. The molecule has 4 heteroatoms. The standard InChI is InChI=1S/C19H20O.C18H20.C18H18.C17H20.C16H18N2.C16H30O/c1-13-5-7-17(11-15(13)3)8-10-19(20)18-9-6-14(2)16(4)12-18;2*1-13-5-7-17(11-15(13)3)9-10-18-8-6-14(2)16(4)12-18;1-12-5-7-16(9-14(12)3)11-17-8-6-13(2)15(4)10-17;1-11-5-7-15(9-13(11)3)17-18-16-8-6-12(2)14(4)10-16;1-11-5-7-15(9-13(11)3)17-16-8-6-12(2)14(4)10-16/h5-12H,1-4H3;5-12H,1-4H3;5-8,11-12H,1-4H3;5-10H,11H2,1-4H3;5-10H,1-4H3;11-16H,5-10H2,1-4H3. The Morgan fingerprint density at radius 2 is 0.611 bits per heavy atom. The molecule has 0 spiro atoms. The normalized spacial score (nSPS) is 16.6. The molecule has 0 aromatic heterocycles. The number of nitrogens with zero attached hydrogens (tertiary/aromatic N) is 2. The second-order valence-corrected chi connectivity index (χ2v) is 31.9. The zero-order valence-corrected chi connectivity index (χ0v) is 70.3. The van der Waals surface area contributed by atoms with Crippen LogP contribution in [0.1, 0.15) is 227 Å². The maximum Gasteiger partial charge on any atom is 0.185 e. The monoisotopic (exact) mass is 1430 g/mol. The summed E-state index contributed by atoms with van der Waals surface area (Å²) in [6.07, 6.45) is 17.9. The SMILES string of the molecule is CC1CCC(OC2CCC(C)C(C)C2)CC1C.Cc1ccc(C#Cc2ccc(C)c(C)c2)cc1C.Cc1ccc(C=CC(=O)c2ccc(C)c(C)c2)cc1C.Cc1ccc(C=Cc2ccc(C)c(C)c2)cc1C.Cc1ccc(Cc2ccc(C)c(C)c2)cc1C.Cc1ccc(N=Nc2ccc(C)c(C)c2)cc1C. The molecule has 6 unspecified atom stereocenters. The first-order valence-electron chi connectivity index (χ1n) is 39.5. The van der Waals surface area contributed by atoms with Crippen LogP contribution in [0.5, 0.6) is 0 Å². The van der Waals surface area contributed by atoms with Crippen LogP contribution in [0.15, 0.2) is 198 Å². The number of benzene rings is 10. The van der Waals surface area contributed by atoms with Crippen LogP contribution in [0, 0.1) is 174 Å². The van der Waals surface area contributed by atoms with Gasteiger partial charge in [-0.25, -0.2) is 0 Å². The van der Waals surface area contributed by atoms with E-state index in [9.17, 15) is 4.79 Å². The molecule has 6 atom stereocenters. The lowest BCUT2D eigenvalue weighted by Crippen LogP contribution is -2.34. The third-order valence-corrected chi connectivity index (χ3v) is 22.9. The van der Waals surface area contributed by atoms with Gasteiger partial charge < -0.3 is 4.74 Å². The van der Waals surface area contributed by atoms with Gasteiger partial charge >= 0.3 is 0 Å². The first kappa shape index (κ1) is 85.7. The van der Waals surface area contributed by atoms with Crippen LogP contribution in [0.25, 0.3) is 18.2 Å². The summed E-state index contributed by atoms with van der Waals surface area (Å²) in [5, 5.41) is 8.55. The van der Waals surface area contributed by atoms with E-state index in [1.165, 1.54) is 166 Å². The van der Waals surface area contributed by atoms with Crippen molar-refractivity contribution in [1.29, 1.82) is 0 Å². The van der Waals surface area contributed by atoms with E-state index in [2.05, 4.69) is 339 Å². The maximum absolute atomic E-state index is 12.1. The Morgan fingerprint density at radius 3 is 0.935 bits per heavy atom. The van der Waals surface area contributed by atoms with Crippen molar-refractivity contribution in [1.82, 2.24) is 0 Å². The number of ether oxygens (including phenoxy) is 1. The van der Waals surface area contributed by atoms with E-state index in [0.29, 0.717) is 12.2 Å². The van der Waals surface area contributed by atoms with Gasteiger partial charge in [0.1, 0.15) is 0 Å². The number of aryl methyl sites for hydroxylation is 20. The molecule has 0 bridgehead atoms. The fraction of sp³-hybridized carbons (Fsp3) is 0.356. The van der Waals surface area contributed by atoms with Crippen LogP contribution >= 0.6 is 0 Å². The van der Waals surface area contributed by atoms with Crippen molar-refractivity contribution in [2.45, 2.75) is 223 Å². The summed E-state index contributed by atoms with van der Waals surface area (Å²) in [4.78, 5) is 12.1. The molecule has 2 aliphatic carbocycles. The minimum atomic E-state index is 0.0475. The molecular weight excluding hydrogens is 1310 g/mol. The summed E-state index contributed by atoms with van der Waals surface area (Å²) < 4.78 is 6.37. The van der Waals surface area contributed by atoms with E-state index in [4.69, 9.17) is 4.74 Å². The van der Waals surface area contributed by atoms with Crippen molar-refractivity contribution in [3.8, 4) is 11.8 Å². The number of carbonyl (C=O) groups is 1. The topological polar surface area (TPSA) is 51.0 Å². The average Bonchev–Trinajstić information content (AvgIpc) is 0.865. The van der Waals surface area contributed by atoms with Crippen molar-refractivity contribution < 1.29 is 9.53 Å². The lowest BCUT2D eigenvalue weighted by Gasteiger charge is -2.38. The van der Waals surface area contributed by atoms with E-state index in [1.54, 1.807) is 6.08 Å². The van der Waals surface area contributed by atoms with Gasteiger partial charge in [-0.15, -0.1) is 0 Å². The zero-order chi connectivity index (χ0) is 78.9. The van der Waals surface area contributed by atoms with Crippen LogP contribution in [-0.2, 0) is 11.2 Å². The molecule has 2 fully saturated rings. The second kappa shape index (κ2) is 41.7. The van der Waals surface area contributed by atoms with E-state index in [1.807, 2.05) is 49.4 Å². The average molecular weight is 1440 g/mol. The van der Waals surface area contributed by atoms with Gasteiger partial charge in [0.2, 0.25) is 0 Å². The fourth-order valence-corrected chi connectivity index (χ4v) is 13.0. The van der Waals surface area contributed by atoms with E-state index >= 15 is 0 Å². The number of azo groups is 1. The van der Waals surface area contributed by atoms with Gasteiger partial charge in [-0.2, -0.15) is 10.2 Å². The quantitative estimate of drug-likeness (QED) is 0.0426. The second-order valence-electron chi connectivity index (χ2n) is 31.9. The lowest BCUT2D eigenvalue weighted by atomic mass is 9.78. The number of carbonyl (C=O) groups excluding carboxylic acids is 1. The highest BCUT2D eigenvalue weighted by molar-refractivity contribution is 6.07. The van der Waals surface area contributed by atoms with Gasteiger partial charge in [0.05, 0.1) is 23.6 Å². The van der Waals surface area contributed by atoms with Gasteiger partial charge in [0, 0.05) is 16.7 Å². The Morgan fingerprint density at radius 1 is 0.315 bits per heavy atom. The number of allylic oxidation sites excluding steroid dienone is 1. The number of rotatable bonds is 11. The Balaban J connectivity index is 0.000000181. The maximum atomic E-state index is 12.1. The minimum Gasteiger partial charge on any atom is -0.375 e. The highest BCUT2D eigenvalue weighted by Gasteiger charge is 2.31. The van der Waals surface area contributed by atoms with Crippen molar-refractivity contribution >= 4 is 35.4 Å². The van der Waals surface area contributed by atoms with Gasteiger partial charge in [-0.05, 0) is 407 Å². The molecule has 0 saturated heterocycles. The molecule has 0 heterocycles. The van der Waals surface area contributed by atoms with Crippen LogP contribution in [0.4, 0.5) is 11.4 Å². The minimum absolute atomic E-state index is 0.0475. The van der Waals surface area contributed by atoms with Gasteiger partial charge in [-0.3, -0.25) is 4.79 Å². The van der Waals surface area contributed by atoms with Crippen LogP contribution in [0.3, 0.4) is 0 Å². The number of ketones is 1. The molecule has 10 aromatic carbocycles. The largest absolute Gasteiger partial charge is 0.375 e. The summed E-state index contributed by atoms with van der Waals surface area (Å²) in [6.45, 7) is 52.0. The summed E-state index contributed by atoms with van der Waals surface area (Å²) in [7, 11) is 0. The predicted molar refractivity (Wildman–Crippen MR) is 467 cm³/mol. The van der Waals surface area contributed by atoms with Crippen molar-refractivity contribution in [3.05, 3.63) is 344 Å². The molecule has 12 rings (SSSR count). The summed E-state index contributed by atoms with van der Waals surface area (Å²) in [5.41, 5.74) is 37.1. The van der Waals surface area contributed by atoms with E-state index in [0.717, 1.165) is 69.3 Å². The highest BCUT2D eigenvalue weighted by Crippen LogP contribution is 2.36. The van der Waals surface area contributed by atoms with E-state index < -0.39 is 0 Å². The van der Waals surface area contributed by atoms with Crippen LogP contribution in [0.2, 0.25) is 0 Å². The first-order valence-corrected chi connectivity index (χ1v) is 39.5. The zero-order valence-electron chi connectivity index (χ0n) is 70.3. The lowest BCUT2D eigenvalue weighted by molar-refractivity contribution is -0.0731. The van der Waals surface area contributed by atoms with Gasteiger partial charge in [-0.1, -0.05) is 185 Å². The molecular formula is C104H126N2O2. The molecule has 2 aliphatic rings. The Labute approximate surface area is 653 Å². The first-order chi connectivity index (χ1) is 51.3. The summed E-state index contributed by atoms with van der Waals surface area (Å²) in [5.74, 6) is 10.0. The molecule has 2 saturated carbocycles. The number of hydrogen-bond donors (Lipinski definition) is 0. The molecule has 0 amide bonds. The van der Waals surface area contributed by atoms with Crippen LogP contribution < -0.4 is 0 Å². The molecule has 0 aliphatic heterocycles. The molecule has 10 aromatic rings. The molecule has 0 radical (unpaired) electrons.